The summed E-state index contributed by atoms with van der Waals surface area (Å²) < 4.78 is 23.7. The van der Waals surface area contributed by atoms with E-state index in [9.17, 15) is 4.79 Å². The van der Waals surface area contributed by atoms with E-state index in [1.165, 1.54) is 0 Å². The van der Waals surface area contributed by atoms with Crippen LogP contribution in [-0.2, 0) is 14.0 Å². The summed E-state index contributed by atoms with van der Waals surface area (Å²) in [5.41, 5.74) is -0.248. The lowest BCUT2D eigenvalue weighted by atomic mass is 9.79. The highest BCUT2D eigenvalue weighted by molar-refractivity contribution is 6.62. The molecular weight excluding hydrogens is 369 g/mol. The van der Waals surface area contributed by atoms with Crippen LogP contribution in [0, 0.1) is 0 Å². The number of nitrogens with zero attached hydrogens (tertiary/aromatic N) is 1. The SMILES string of the molecule is CC(C)(C)OC(=O)N1CCCC1COc1ccc(B2OC(C)(C)C(C)(C)O2)cc1. The van der Waals surface area contributed by atoms with Gasteiger partial charge in [0.15, 0.2) is 0 Å². The van der Waals surface area contributed by atoms with Gasteiger partial charge in [0.05, 0.1) is 17.2 Å². The van der Waals surface area contributed by atoms with Crippen molar-refractivity contribution < 1.29 is 23.6 Å². The quantitative estimate of drug-likeness (QED) is 0.717. The van der Waals surface area contributed by atoms with E-state index in [-0.39, 0.29) is 30.5 Å². The Bertz CT molecular complexity index is 710. The van der Waals surface area contributed by atoms with E-state index in [1.54, 1.807) is 4.90 Å². The van der Waals surface area contributed by atoms with Gasteiger partial charge in [-0.05, 0) is 78.9 Å². The summed E-state index contributed by atoms with van der Waals surface area (Å²) in [5.74, 6) is 0.765. The van der Waals surface area contributed by atoms with Crippen molar-refractivity contribution in [2.45, 2.75) is 84.2 Å². The molecule has 0 bridgehead atoms. The minimum Gasteiger partial charge on any atom is -0.491 e. The molecule has 0 saturated carbocycles. The molecular formula is C22H34BNO5. The van der Waals surface area contributed by atoms with Crippen molar-refractivity contribution in [3.63, 3.8) is 0 Å². The van der Waals surface area contributed by atoms with Crippen LogP contribution < -0.4 is 10.2 Å². The third-order valence-corrected chi connectivity index (χ3v) is 5.85. The summed E-state index contributed by atoms with van der Waals surface area (Å²) >= 11 is 0. The predicted molar refractivity (Wildman–Crippen MR) is 114 cm³/mol. The second-order valence-corrected chi connectivity index (χ2v) is 9.94. The molecule has 0 radical (unpaired) electrons. The van der Waals surface area contributed by atoms with Crippen LogP contribution in [0.2, 0.25) is 0 Å². The zero-order chi connectivity index (χ0) is 21.4. The molecule has 6 nitrogen and oxygen atoms in total. The van der Waals surface area contributed by atoms with Gasteiger partial charge in [-0.2, -0.15) is 0 Å². The fourth-order valence-electron chi connectivity index (χ4n) is 3.46. The number of hydrogen-bond acceptors (Lipinski definition) is 5. The summed E-state index contributed by atoms with van der Waals surface area (Å²) in [6, 6.07) is 7.82. The van der Waals surface area contributed by atoms with E-state index in [4.69, 9.17) is 18.8 Å². The van der Waals surface area contributed by atoms with E-state index in [1.807, 2.05) is 72.7 Å². The van der Waals surface area contributed by atoms with Gasteiger partial charge in [-0.15, -0.1) is 0 Å². The molecule has 3 rings (SSSR count). The number of carbonyl (C=O) groups is 1. The molecule has 2 aliphatic heterocycles. The number of ether oxygens (including phenoxy) is 2. The Morgan fingerprint density at radius 2 is 1.72 bits per heavy atom. The molecule has 1 aromatic rings. The van der Waals surface area contributed by atoms with Gasteiger partial charge in [-0.25, -0.2) is 4.79 Å². The number of amides is 1. The topological polar surface area (TPSA) is 57.2 Å². The Morgan fingerprint density at radius 3 is 2.28 bits per heavy atom. The van der Waals surface area contributed by atoms with E-state index in [0.717, 1.165) is 24.1 Å². The smallest absolute Gasteiger partial charge is 0.491 e. The summed E-state index contributed by atoms with van der Waals surface area (Å²) in [6.45, 7) is 15.0. The molecule has 0 N–H and O–H groups in total. The van der Waals surface area contributed by atoms with Crippen molar-refractivity contribution in [2.75, 3.05) is 13.2 Å². The van der Waals surface area contributed by atoms with E-state index >= 15 is 0 Å². The number of benzene rings is 1. The van der Waals surface area contributed by atoms with Crippen LogP contribution in [0.4, 0.5) is 4.79 Å². The number of rotatable bonds is 4. The summed E-state index contributed by atoms with van der Waals surface area (Å²) in [5, 5.41) is 0. The monoisotopic (exact) mass is 403 g/mol. The standard InChI is InChI=1S/C22H34BNO5/c1-20(2,3)27-19(25)24-14-8-9-17(24)15-26-18-12-10-16(11-13-18)23-28-21(4,5)22(6,7)29-23/h10-13,17H,8-9,14-15H2,1-7H3. The van der Waals surface area contributed by atoms with Gasteiger partial charge < -0.3 is 23.7 Å². The molecule has 2 heterocycles. The Kier molecular flexibility index (Phi) is 5.94. The zero-order valence-electron chi connectivity index (χ0n) is 18.8. The Labute approximate surface area is 175 Å². The third kappa shape index (κ3) is 5.07. The summed E-state index contributed by atoms with van der Waals surface area (Å²) in [7, 11) is -0.383. The number of hydrogen-bond donors (Lipinski definition) is 0. The molecule has 1 unspecified atom stereocenters. The van der Waals surface area contributed by atoms with E-state index < -0.39 is 5.60 Å². The minimum atomic E-state index is -0.492. The average Bonchev–Trinajstić information content (AvgIpc) is 3.14. The molecule has 160 valence electrons. The van der Waals surface area contributed by atoms with Crippen molar-refractivity contribution in [2.24, 2.45) is 0 Å². The highest BCUT2D eigenvalue weighted by Crippen LogP contribution is 2.36. The maximum Gasteiger partial charge on any atom is 0.494 e. The van der Waals surface area contributed by atoms with Crippen molar-refractivity contribution in [3.8, 4) is 5.75 Å². The third-order valence-electron chi connectivity index (χ3n) is 5.85. The first-order valence-corrected chi connectivity index (χ1v) is 10.5. The molecule has 0 aromatic heterocycles. The largest absolute Gasteiger partial charge is 0.494 e. The van der Waals surface area contributed by atoms with Crippen LogP contribution >= 0.6 is 0 Å². The van der Waals surface area contributed by atoms with Crippen LogP contribution in [0.1, 0.15) is 61.3 Å². The molecule has 7 heteroatoms. The summed E-state index contributed by atoms with van der Waals surface area (Å²) in [4.78, 5) is 14.2. The molecule has 0 spiro atoms. The zero-order valence-corrected chi connectivity index (χ0v) is 18.8. The lowest BCUT2D eigenvalue weighted by Gasteiger charge is -2.32. The van der Waals surface area contributed by atoms with Gasteiger partial charge in [0.25, 0.3) is 0 Å². The van der Waals surface area contributed by atoms with Crippen molar-refractivity contribution in [3.05, 3.63) is 24.3 Å². The molecule has 1 atom stereocenters. The number of carbonyl (C=O) groups excluding carboxylic acids is 1. The van der Waals surface area contributed by atoms with Crippen LogP contribution in [-0.4, -0.2) is 54.1 Å². The first-order chi connectivity index (χ1) is 13.4. The molecule has 2 aliphatic rings. The van der Waals surface area contributed by atoms with Gasteiger partial charge in [0.2, 0.25) is 0 Å². The fraction of sp³-hybridized carbons (Fsp3) is 0.682. The van der Waals surface area contributed by atoms with Crippen LogP contribution in [0.3, 0.4) is 0 Å². The molecule has 0 aliphatic carbocycles. The highest BCUT2D eigenvalue weighted by atomic mass is 16.7. The molecule has 1 amide bonds. The maximum absolute atomic E-state index is 12.4. The first-order valence-electron chi connectivity index (χ1n) is 10.5. The van der Waals surface area contributed by atoms with Crippen molar-refractivity contribution in [1.82, 2.24) is 4.90 Å². The van der Waals surface area contributed by atoms with Crippen LogP contribution in [0.25, 0.3) is 0 Å². The fourth-order valence-corrected chi connectivity index (χ4v) is 3.46. The van der Waals surface area contributed by atoms with Crippen molar-refractivity contribution >= 4 is 18.7 Å². The Balaban J connectivity index is 1.56. The molecule has 29 heavy (non-hydrogen) atoms. The first kappa shape index (κ1) is 22.0. The lowest BCUT2D eigenvalue weighted by molar-refractivity contribution is 0.00578. The van der Waals surface area contributed by atoms with Gasteiger partial charge in [0.1, 0.15) is 18.0 Å². The second kappa shape index (κ2) is 7.84. The van der Waals surface area contributed by atoms with Crippen LogP contribution in [0.5, 0.6) is 5.75 Å². The molecule has 2 saturated heterocycles. The van der Waals surface area contributed by atoms with Gasteiger partial charge in [-0.1, -0.05) is 12.1 Å². The summed E-state index contributed by atoms with van der Waals surface area (Å²) in [6.07, 6.45) is 1.62. The highest BCUT2D eigenvalue weighted by Gasteiger charge is 2.51. The van der Waals surface area contributed by atoms with Crippen molar-refractivity contribution in [1.29, 1.82) is 0 Å². The van der Waals surface area contributed by atoms with Gasteiger partial charge in [-0.3, -0.25) is 0 Å². The van der Waals surface area contributed by atoms with Gasteiger partial charge in [0, 0.05) is 6.54 Å². The Morgan fingerprint density at radius 1 is 1.14 bits per heavy atom. The van der Waals surface area contributed by atoms with E-state index in [2.05, 4.69) is 0 Å². The lowest BCUT2D eigenvalue weighted by Crippen LogP contribution is -2.42. The second-order valence-electron chi connectivity index (χ2n) is 9.94. The molecule has 1 aromatic carbocycles. The molecule has 2 fully saturated rings. The van der Waals surface area contributed by atoms with E-state index in [0.29, 0.717) is 13.2 Å². The van der Waals surface area contributed by atoms with Crippen LogP contribution in [0.15, 0.2) is 24.3 Å². The Hall–Kier alpha value is -1.73. The van der Waals surface area contributed by atoms with Gasteiger partial charge >= 0.3 is 13.2 Å². The average molecular weight is 403 g/mol. The maximum atomic E-state index is 12.4. The normalized spacial score (nSPS) is 23.3. The number of likely N-dealkylation sites (tertiary alicyclic amines) is 1. The predicted octanol–water partition coefficient (Wildman–Crippen LogP) is 3.76. The minimum absolute atomic E-state index is 0.0348.